The Labute approximate surface area is 212 Å². The molecule has 37 heavy (non-hydrogen) atoms. The lowest BCUT2D eigenvalue weighted by Crippen LogP contribution is -2.20. The third-order valence-corrected chi connectivity index (χ3v) is 5.50. The zero-order valence-electron chi connectivity index (χ0n) is 20.1. The number of anilines is 3. The maximum Gasteiger partial charge on any atom is 0.323 e. The zero-order chi connectivity index (χ0) is 25.6. The van der Waals surface area contributed by atoms with E-state index in [0.717, 1.165) is 10.8 Å². The molecule has 3 N–H and O–H groups in total. The van der Waals surface area contributed by atoms with E-state index in [1.807, 2.05) is 42.5 Å². The number of fused-ring (bicyclic) bond motifs is 1. The molecular formula is C27H23N7O3. The lowest BCUT2D eigenvalue weighted by molar-refractivity contribution is 0.262. The van der Waals surface area contributed by atoms with Gasteiger partial charge in [0.05, 0.1) is 24.0 Å². The van der Waals surface area contributed by atoms with Gasteiger partial charge < -0.3 is 25.4 Å². The fourth-order valence-electron chi connectivity index (χ4n) is 3.79. The Bertz CT molecular complexity index is 1580. The van der Waals surface area contributed by atoms with Crippen LogP contribution < -0.4 is 25.4 Å². The number of hydrogen-bond donors (Lipinski definition) is 3. The summed E-state index contributed by atoms with van der Waals surface area (Å²) in [6, 6.07) is 21.6. The number of benzene rings is 3. The highest BCUT2D eigenvalue weighted by atomic mass is 16.5. The topological polar surface area (TPSA) is 123 Å². The van der Waals surface area contributed by atoms with Crippen LogP contribution in [0, 0.1) is 0 Å². The van der Waals surface area contributed by atoms with E-state index < -0.39 is 6.03 Å². The predicted octanol–water partition coefficient (Wildman–Crippen LogP) is 5.57. The van der Waals surface area contributed by atoms with Crippen molar-refractivity contribution in [2.45, 2.75) is 0 Å². The average molecular weight is 494 g/mol. The van der Waals surface area contributed by atoms with E-state index in [1.165, 1.54) is 6.33 Å². The molecule has 10 nitrogen and oxygen atoms in total. The highest BCUT2D eigenvalue weighted by molar-refractivity contribution is 6.08. The van der Waals surface area contributed by atoms with Crippen LogP contribution in [-0.2, 0) is 0 Å². The number of carbonyl (C=O) groups excluding carboxylic acids is 1. The molecule has 2 aromatic heterocycles. The van der Waals surface area contributed by atoms with Crippen LogP contribution in [0.4, 0.5) is 22.1 Å². The van der Waals surface area contributed by atoms with Gasteiger partial charge in [0.1, 0.15) is 17.8 Å². The molecule has 0 spiro atoms. The molecule has 5 aromatic rings. The molecule has 0 saturated carbocycles. The minimum absolute atomic E-state index is 0.343. The minimum atomic E-state index is -0.398. The average Bonchev–Trinajstić information content (AvgIpc) is 2.95. The van der Waals surface area contributed by atoms with Gasteiger partial charge in [-0.3, -0.25) is 0 Å². The molecule has 2 amide bonds. The summed E-state index contributed by atoms with van der Waals surface area (Å²) >= 11 is 0. The van der Waals surface area contributed by atoms with Crippen molar-refractivity contribution in [3.05, 3.63) is 85.3 Å². The van der Waals surface area contributed by atoms with Crippen molar-refractivity contribution in [3.8, 4) is 28.8 Å². The summed E-state index contributed by atoms with van der Waals surface area (Å²) in [5, 5.41) is 10.2. The Morgan fingerprint density at radius 3 is 2.41 bits per heavy atom. The first-order valence-electron chi connectivity index (χ1n) is 11.4. The van der Waals surface area contributed by atoms with E-state index in [2.05, 4.69) is 35.9 Å². The zero-order valence-corrected chi connectivity index (χ0v) is 20.1. The fraction of sp³-hybridized carbons (Fsp3) is 0.0741. The van der Waals surface area contributed by atoms with Crippen LogP contribution >= 0.6 is 0 Å². The number of methoxy groups -OCH3 is 1. The maximum absolute atomic E-state index is 12.8. The number of aromatic nitrogens is 4. The van der Waals surface area contributed by atoms with Gasteiger partial charge >= 0.3 is 6.03 Å². The van der Waals surface area contributed by atoms with Crippen LogP contribution in [0.1, 0.15) is 0 Å². The first kappa shape index (κ1) is 23.5. The van der Waals surface area contributed by atoms with Gasteiger partial charge in [-0.05, 0) is 36.4 Å². The molecule has 0 saturated heterocycles. The van der Waals surface area contributed by atoms with Gasteiger partial charge in [-0.25, -0.2) is 19.7 Å². The van der Waals surface area contributed by atoms with Crippen molar-refractivity contribution in [3.63, 3.8) is 0 Å². The van der Waals surface area contributed by atoms with Gasteiger partial charge in [0.2, 0.25) is 11.8 Å². The Balaban J connectivity index is 1.44. The molecule has 5 rings (SSSR count). The van der Waals surface area contributed by atoms with E-state index in [4.69, 9.17) is 9.47 Å². The number of amides is 2. The quantitative estimate of drug-likeness (QED) is 0.269. The molecular weight excluding hydrogens is 470 g/mol. The molecule has 0 unspecified atom stereocenters. The van der Waals surface area contributed by atoms with Gasteiger partial charge in [0.15, 0.2) is 5.82 Å². The SMILES string of the molecule is CNc1ncnc(-c2cccnc2Oc2ccc(NC(=O)Nc3ccccc3OC)c3ccccc23)n1. The number of hydrogen-bond acceptors (Lipinski definition) is 8. The summed E-state index contributed by atoms with van der Waals surface area (Å²) in [6.45, 7) is 0. The third kappa shape index (κ3) is 5.08. The van der Waals surface area contributed by atoms with Crippen LogP contribution in [0.5, 0.6) is 17.4 Å². The van der Waals surface area contributed by atoms with E-state index in [-0.39, 0.29) is 0 Å². The van der Waals surface area contributed by atoms with Gasteiger partial charge in [0, 0.05) is 24.0 Å². The third-order valence-electron chi connectivity index (χ3n) is 5.50. The van der Waals surface area contributed by atoms with E-state index in [1.54, 1.807) is 50.7 Å². The molecule has 0 aliphatic rings. The van der Waals surface area contributed by atoms with Crippen molar-refractivity contribution >= 4 is 34.1 Å². The Morgan fingerprint density at radius 1 is 0.784 bits per heavy atom. The second kappa shape index (κ2) is 10.6. The van der Waals surface area contributed by atoms with Crippen molar-refractivity contribution in [2.24, 2.45) is 0 Å². The highest BCUT2D eigenvalue weighted by Gasteiger charge is 2.16. The van der Waals surface area contributed by atoms with Crippen LogP contribution in [0.3, 0.4) is 0 Å². The van der Waals surface area contributed by atoms with Crippen molar-refractivity contribution in [1.82, 2.24) is 19.9 Å². The molecule has 0 aliphatic carbocycles. The first-order chi connectivity index (χ1) is 18.2. The second-order valence-electron chi connectivity index (χ2n) is 7.78. The fourth-order valence-corrected chi connectivity index (χ4v) is 3.79. The van der Waals surface area contributed by atoms with Crippen LogP contribution in [-0.4, -0.2) is 40.1 Å². The molecule has 2 heterocycles. The van der Waals surface area contributed by atoms with E-state index in [9.17, 15) is 4.79 Å². The Kier molecular flexibility index (Phi) is 6.71. The highest BCUT2D eigenvalue weighted by Crippen LogP contribution is 2.36. The standard InChI is InChI=1S/C27H23N7O3/c1-28-26-31-16-30-24(34-26)19-10-7-15-29-25(19)37-22-14-13-20(17-8-3-4-9-18(17)22)32-27(35)33-21-11-5-6-12-23(21)36-2/h3-16H,1-2H3,(H2,32,33,35)(H,28,30,31,34). The second-order valence-corrected chi connectivity index (χ2v) is 7.78. The molecule has 0 aliphatic heterocycles. The summed E-state index contributed by atoms with van der Waals surface area (Å²) in [5.41, 5.74) is 1.80. The minimum Gasteiger partial charge on any atom is -0.495 e. The van der Waals surface area contributed by atoms with Crippen molar-refractivity contribution in [2.75, 3.05) is 30.1 Å². The largest absolute Gasteiger partial charge is 0.495 e. The van der Waals surface area contributed by atoms with Gasteiger partial charge in [-0.1, -0.05) is 36.4 Å². The molecule has 0 bridgehead atoms. The number of pyridine rings is 1. The van der Waals surface area contributed by atoms with E-state index in [0.29, 0.717) is 46.1 Å². The number of nitrogens with one attached hydrogen (secondary N) is 3. The summed E-state index contributed by atoms with van der Waals surface area (Å²) < 4.78 is 11.6. The molecule has 0 atom stereocenters. The van der Waals surface area contributed by atoms with Crippen LogP contribution in [0.2, 0.25) is 0 Å². The number of urea groups is 1. The number of para-hydroxylation sites is 2. The number of carbonyl (C=O) groups is 1. The predicted molar refractivity (Wildman–Crippen MR) is 142 cm³/mol. The van der Waals surface area contributed by atoms with Crippen LogP contribution in [0.15, 0.2) is 85.3 Å². The van der Waals surface area contributed by atoms with Gasteiger partial charge in [0.25, 0.3) is 0 Å². The lowest BCUT2D eigenvalue weighted by atomic mass is 10.1. The number of ether oxygens (including phenoxy) is 2. The summed E-state index contributed by atoms with van der Waals surface area (Å²) in [5.74, 6) is 2.34. The smallest absolute Gasteiger partial charge is 0.323 e. The Morgan fingerprint density at radius 2 is 1.57 bits per heavy atom. The molecule has 0 fully saturated rings. The van der Waals surface area contributed by atoms with Crippen molar-refractivity contribution < 1.29 is 14.3 Å². The molecule has 3 aromatic carbocycles. The summed E-state index contributed by atoms with van der Waals surface area (Å²) in [6.07, 6.45) is 3.07. The van der Waals surface area contributed by atoms with Gasteiger partial charge in [-0.2, -0.15) is 4.98 Å². The maximum atomic E-state index is 12.8. The van der Waals surface area contributed by atoms with Crippen molar-refractivity contribution in [1.29, 1.82) is 0 Å². The first-order valence-corrected chi connectivity index (χ1v) is 11.4. The Hall–Kier alpha value is -5.25. The van der Waals surface area contributed by atoms with E-state index >= 15 is 0 Å². The lowest BCUT2D eigenvalue weighted by Gasteiger charge is -2.15. The molecule has 184 valence electrons. The summed E-state index contributed by atoms with van der Waals surface area (Å²) in [7, 11) is 3.29. The molecule has 0 radical (unpaired) electrons. The summed E-state index contributed by atoms with van der Waals surface area (Å²) in [4.78, 5) is 29.9. The van der Waals surface area contributed by atoms with Crippen LogP contribution in [0.25, 0.3) is 22.2 Å². The monoisotopic (exact) mass is 493 g/mol. The molecule has 10 heteroatoms. The normalized spacial score (nSPS) is 10.5. The number of nitrogens with zero attached hydrogens (tertiary/aromatic N) is 4. The van der Waals surface area contributed by atoms with Gasteiger partial charge in [-0.15, -0.1) is 0 Å². The number of rotatable bonds is 7.